The van der Waals surface area contributed by atoms with Gasteiger partial charge >= 0.3 is 0 Å². The molecule has 5 nitrogen and oxygen atoms in total. The highest BCUT2D eigenvalue weighted by atomic mass is 16.5. The molecule has 5 heteroatoms. The summed E-state index contributed by atoms with van der Waals surface area (Å²) in [6, 6.07) is 10.1. The fraction of sp³-hybridized carbons (Fsp3) is 0.444. The standard InChI is InChI=1S/C18H23N3O2/c1-22-16-6-4-14(5-7-16)12-15-13-21(11-8-17(15)23-2)18-19-9-3-10-20-18/h3-7,9-10,15,17H,8,11-13H2,1-2H3/t15-,17-/m0/s1. The molecular formula is C18H23N3O2. The normalized spacial score (nSPS) is 21.2. The summed E-state index contributed by atoms with van der Waals surface area (Å²) in [5.74, 6) is 2.12. The van der Waals surface area contributed by atoms with Gasteiger partial charge in [-0.1, -0.05) is 12.1 Å². The van der Waals surface area contributed by atoms with Crippen LogP contribution in [0.25, 0.3) is 0 Å². The molecule has 1 aromatic carbocycles. The van der Waals surface area contributed by atoms with Crippen molar-refractivity contribution in [1.82, 2.24) is 9.97 Å². The summed E-state index contributed by atoms with van der Waals surface area (Å²) in [6.07, 6.45) is 5.84. The molecule has 0 spiro atoms. The van der Waals surface area contributed by atoms with Crippen LogP contribution in [0.1, 0.15) is 12.0 Å². The lowest BCUT2D eigenvalue weighted by atomic mass is 9.88. The van der Waals surface area contributed by atoms with Gasteiger partial charge in [-0.3, -0.25) is 0 Å². The van der Waals surface area contributed by atoms with Crippen LogP contribution in [0.4, 0.5) is 5.95 Å². The van der Waals surface area contributed by atoms with Crippen molar-refractivity contribution in [1.29, 1.82) is 0 Å². The predicted octanol–water partition coefficient (Wildman–Crippen LogP) is 2.57. The van der Waals surface area contributed by atoms with Gasteiger partial charge in [0.25, 0.3) is 0 Å². The third-order valence-electron chi connectivity index (χ3n) is 4.46. The summed E-state index contributed by atoms with van der Waals surface area (Å²) in [6.45, 7) is 1.84. The average Bonchev–Trinajstić information content (AvgIpc) is 2.63. The lowest BCUT2D eigenvalue weighted by Gasteiger charge is -2.38. The second-order valence-electron chi connectivity index (χ2n) is 5.87. The van der Waals surface area contributed by atoms with E-state index in [4.69, 9.17) is 9.47 Å². The molecule has 0 amide bonds. The van der Waals surface area contributed by atoms with Gasteiger partial charge in [-0.25, -0.2) is 9.97 Å². The van der Waals surface area contributed by atoms with Crippen LogP contribution in [0.15, 0.2) is 42.7 Å². The molecule has 0 bridgehead atoms. The van der Waals surface area contributed by atoms with E-state index < -0.39 is 0 Å². The first-order valence-electron chi connectivity index (χ1n) is 7.98. The lowest BCUT2D eigenvalue weighted by molar-refractivity contribution is 0.0374. The van der Waals surface area contributed by atoms with Crippen LogP contribution in [0.5, 0.6) is 5.75 Å². The van der Waals surface area contributed by atoms with Crippen molar-refractivity contribution >= 4 is 5.95 Å². The number of benzene rings is 1. The van der Waals surface area contributed by atoms with Crippen molar-refractivity contribution in [3.05, 3.63) is 48.3 Å². The summed E-state index contributed by atoms with van der Waals surface area (Å²) in [5.41, 5.74) is 1.30. The third kappa shape index (κ3) is 3.79. The summed E-state index contributed by atoms with van der Waals surface area (Å²) in [4.78, 5) is 11.0. The Hall–Kier alpha value is -2.14. The number of piperidine rings is 1. The number of hydrogen-bond donors (Lipinski definition) is 0. The zero-order chi connectivity index (χ0) is 16.1. The Morgan fingerprint density at radius 1 is 1.13 bits per heavy atom. The van der Waals surface area contributed by atoms with E-state index in [9.17, 15) is 0 Å². The monoisotopic (exact) mass is 313 g/mol. The topological polar surface area (TPSA) is 47.5 Å². The Morgan fingerprint density at radius 2 is 1.87 bits per heavy atom. The van der Waals surface area contributed by atoms with Crippen LogP contribution < -0.4 is 9.64 Å². The molecule has 2 atom stereocenters. The molecule has 2 heterocycles. The molecule has 1 fully saturated rings. The summed E-state index contributed by atoms with van der Waals surface area (Å²) in [5, 5.41) is 0. The maximum absolute atomic E-state index is 5.71. The van der Waals surface area contributed by atoms with Gasteiger partial charge in [-0.15, -0.1) is 0 Å². The maximum atomic E-state index is 5.71. The van der Waals surface area contributed by atoms with E-state index in [1.807, 2.05) is 18.2 Å². The SMILES string of the molecule is COc1ccc(C[C@H]2CN(c3ncccn3)CC[C@@H]2OC)cc1. The molecule has 2 aromatic rings. The van der Waals surface area contributed by atoms with Gasteiger partial charge in [0.05, 0.1) is 13.2 Å². The van der Waals surface area contributed by atoms with E-state index in [-0.39, 0.29) is 6.10 Å². The molecular weight excluding hydrogens is 290 g/mol. The highest BCUT2D eigenvalue weighted by molar-refractivity contribution is 5.31. The van der Waals surface area contributed by atoms with Crippen molar-refractivity contribution in [2.75, 3.05) is 32.2 Å². The number of nitrogens with zero attached hydrogens (tertiary/aromatic N) is 3. The Bertz CT molecular complexity index is 603. The van der Waals surface area contributed by atoms with E-state index in [1.54, 1.807) is 26.6 Å². The molecule has 1 aliphatic rings. The highest BCUT2D eigenvalue weighted by Crippen LogP contribution is 2.26. The van der Waals surface area contributed by atoms with Crippen LogP contribution in [0, 0.1) is 5.92 Å². The molecule has 1 aromatic heterocycles. The van der Waals surface area contributed by atoms with Crippen molar-refractivity contribution in [2.45, 2.75) is 18.9 Å². The Morgan fingerprint density at radius 3 is 2.52 bits per heavy atom. The van der Waals surface area contributed by atoms with Crippen LogP contribution in [0.2, 0.25) is 0 Å². The number of ether oxygens (including phenoxy) is 2. The quantitative estimate of drug-likeness (QED) is 0.849. The van der Waals surface area contributed by atoms with Crippen LogP contribution >= 0.6 is 0 Å². The van der Waals surface area contributed by atoms with Crippen LogP contribution in [0.3, 0.4) is 0 Å². The number of rotatable bonds is 5. The van der Waals surface area contributed by atoms with Gasteiger partial charge in [0.15, 0.2) is 0 Å². The molecule has 0 aliphatic carbocycles. The molecule has 122 valence electrons. The minimum Gasteiger partial charge on any atom is -0.497 e. The predicted molar refractivity (Wildman–Crippen MR) is 89.8 cm³/mol. The molecule has 1 saturated heterocycles. The van der Waals surface area contributed by atoms with Gasteiger partial charge < -0.3 is 14.4 Å². The number of methoxy groups -OCH3 is 2. The van der Waals surface area contributed by atoms with Crippen molar-refractivity contribution in [2.24, 2.45) is 5.92 Å². The van der Waals surface area contributed by atoms with E-state index in [1.165, 1.54) is 5.56 Å². The first-order valence-corrected chi connectivity index (χ1v) is 7.98. The first kappa shape index (κ1) is 15.7. The molecule has 1 aliphatic heterocycles. The van der Waals surface area contributed by atoms with Crippen molar-refractivity contribution < 1.29 is 9.47 Å². The van der Waals surface area contributed by atoms with Gasteiger partial charge in [0.2, 0.25) is 5.95 Å². The smallest absolute Gasteiger partial charge is 0.225 e. The molecule has 23 heavy (non-hydrogen) atoms. The molecule has 0 radical (unpaired) electrons. The summed E-state index contributed by atoms with van der Waals surface area (Å²) >= 11 is 0. The third-order valence-corrected chi connectivity index (χ3v) is 4.46. The van der Waals surface area contributed by atoms with Gasteiger partial charge in [-0.05, 0) is 36.6 Å². The number of aromatic nitrogens is 2. The lowest BCUT2D eigenvalue weighted by Crippen LogP contribution is -2.45. The van der Waals surface area contributed by atoms with E-state index in [0.29, 0.717) is 5.92 Å². The Balaban J connectivity index is 1.71. The van der Waals surface area contributed by atoms with E-state index >= 15 is 0 Å². The summed E-state index contributed by atoms with van der Waals surface area (Å²) in [7, 11) is 3.50. The van der Waals surface area contributed by atoms with E-state index in [2.05, 4.69) is 27.0 Å². The average molecular weight is 313 g/mol. The van der Waals surface area contributed by atoms with Gasteiger partial charge in [0.1, 0.15) is 5.75 Å². The summed E-state index contributed by atoms with van der Waals surface area (Å²) < 4.78 is 10.9. The van der Waals surface area contributed by atoms with Crippen molar-refractivity contribution in [3.8, 4) is 5.75 Å². The largest absolute Gasteiger partial charge is 0.497 e. The van der Waals surface area contributed by atoms with Crippen LogP contribution in [-0.2, 0) is 11.2 Å². The van der Waals surface area contributed by atoms with Gasteiger partial charge in [0, 0.05) is 38.5 Å². The molecule has 0 saturated carbocycles. The highest BCUT2D eigenvalue weighted by Gasteiger charge is 2.30. The molecule has 0 unspecified atom stereocenters. The number of hydrogen-bond acceptors (Lipinski definition) is 5. The maximum Gasteiger partial charge on any atom is 0.225 e. The zero-order valence-corrected chi connectivity index (χ0v) is 13.7. The number of anilines is 1. The second kappa shape index (κ2) is 7.42. The Labute approximate surface area is 137 Å². The molecule has 3 rings (SSSR count). The fourth-order valence-electron chi connectivity index (χ4n) is 3.22. The van der Waals surface area contributed by atoms with Gasteiger partial charge in [-0.2, -0.15) is 0 Å². The van der Waals surface area contributed by atoms with Crippen molar-refractivity contribution in [3.63, 3.8) is 0 Å². The fourth-order valence-corrected chi connectivity index (χ4v) is 3.22. The molecule has 0 N–H and O–H groups in total. The minimum absolute atomic E-state index is 0.275. The van der Waals surface area contributed by atoms with E-state index in [0.717, 1.165) is 37.6 Å². The second-order valence-corrected chi connectivity index (χ2v) is 5.87. The first-order chi connectivity index (χ1) is 11.3. The Kier molecular flexibility index (Phi) is 5.08. The zero-order valence-electron chi connectivity index (χ0n) is 13.7. The van der Waals surface area contributed by atoms with Crippen LogP contribution in [-0.4, -0.2) is 43.4 Å². The minimum atomic E-state index is 0.275.